The van der Waals surface area contributed by atoms with Crippen LogP contribution in [0.5, 0.6) is 0 Å². The highest BCUT2D eigenvalue weighted by Crippen LogP contribution is 2.35. The topological polar surface area (TPSA) is 81.1 Å². The van der Waals surface area contributed by atoms with E-state index < -0.39 is 0 Å². The maximum atomic E-state index is 13.1. The SMILES string of the molecule is CC(C)C(=O)Nc1ccc(C(=O)Cn2cnc3sc4c(c3c2=O)CC[C@@H](C)C4)cc1. The lowest BCUT2D eigenvalue weighted by Crippen LogP contribution is -2.25. The quantitative estimate of drug-likeness (QED) is 0.628. The Kier molecular flexibility index (Phi) is 5.56. The molecule has 1 aliphatic carbocycles. The lowest BCUT2D eigenvalue weighted by Gasteiger charge is -2.17. The molecule has 1 aromatic carbocycles. The van der Waals surface area contributed by atoms with Crippen molar-refractivity contribution >= 4 is 38.9 Å². The van der Waals surface area contributed by atoms with Crippen LogP contribution in [0.2, 0.25) is 0 Å². The number of aryl methyl sites for hydroxylation is 1. The minimum absolute atomic E-state index is 0.0551. The van der Waals surface area contributed by atoms with Gasteiger partial charge in [-0.15, -0.1) is 11.3 Å². The molecule has 1 amide bonds. The molecule has 4 rings (SSSR count). The van der Waals surface area contributed by atoms with E-state index in [1.807, 2.05) is 13.8 Å². The van der Waals surface area contributed by atoms with Gasteiger partial charge >= 0.3 is 0 Å². The fourth-order valence-electron chi connectivity index (χ4n) is 3.75. The third-order valence-electron chi connectivity index (χ3n) is 5.59. The Morgan fingerprint density at radius 1 is 1.27 bits per heavy atom. The molecule has 7 heteroatoms. The number of nitrogens with one attached hydrogen (secondary N) is 1. The van der Waals surface area contributed by atoms with E-state index in [0.29, 0.717) is 22.6 Å². The molecule has 1 aliphatic rings. The number of hydrogen-bond acceptors (Lipinski definition) is 5. The Morgan fingerprint density at radius 3 is 2.70 bits per heavy atom. The summed E-state index contributed by atoms with van der Waals surface area (Å²) in [6, 6.07) is 6.74. The number of benzene rings is 1. The Balaban J connectivity index is 1.55. The molecule has 156 valence electrons. The third kappa shape index (κ3) is 3.94. The van der Waals surface area contributed by atoms with E-state index in [9.17, 15) is 14.4 Å². The second-order valence-corrected chi connectivity index (χ2v) is 9.44. The van der Waals surface area contributed by atoms with Crippen LogP contribution in [0.25, 0.3) is 10.2 Å². The third-order valence-corrected chi connectivity index (χ3v) is 6.76. The zero-order valence-electron chi connectivity index (χ0n) is 17.4. The maximum absolute atomic E-state index is 13.1. The van der Waals surface area contributed by atoms with Crippen molar-refractivity contribution in [3.63, 3.8) is 0 Å². The highest BCUT2D eigenvalue weighted by atomic mass is 32.1. The van der Waals surface area contributed by atoms with E-state index in [4.69, 9.17) is 0 Å². The molecule has 0 radical (unpaired) electrons. The van der Waals surface area contributed by atoms with Crippen molar-refractivity contribution in [2.75, 3.05) is 5.32 Å². The van der Waals surface area contributed by atoms with Crippen LogP contribution in [0.4, 0.5) is 5.69 Å². The second-order valence-electron chi connectivity index (χ2n) is 8.35. The highest BCUT2D eigenvalue weighted by Gasteiger charge is 2.23. The molecule has 6 nitrogen and oxygen atoms in total. The molecule has 0 aliphatic heterocycles. The summed E-state index contributed by atoms with van der Waals surface area (Å²) in [4.78, 5) is 44.1. The maximum Gasteiger partial charge on any atom is 0.262 e. The Hall–Kier alpha value is -2.80. The Morgan fingerprint density at radius 2 is 2.00 bits per heavy atom. The molecule has 0 fully saturated rings. The molecule has 0 unspecified atom stereocenters. The van der Waals surface area contributed by atoms with Gasteiger partial charge in [-0.05, 0) is 55.0 Å². The van der Waals surface area contributed by atoms with Gasteiger partial charge < -0.3 is 5.32 Å². The Bertz CT molecular complexity index is 1170. The largest absolute Gasteiger partial charge is 0.326 e. The summed E-state index contributed by atoms with van der Waals surface area (Å²) >= 11 is 1.61. The van der Waals surface area contributed by atoms with Gasteiger partial charge in [0.1, 0.15) is 4.83 Å². The van der Waals surface area contributed by atoms with Crippen molar-refractivity contribution in [1.29, 1.82) is 0 Å². The Labute approximate surface area is 179 Å². The summed E-state index contributed by atoms with van der Waals surface area (Å²) < 4.78 is 1.41. The number of Topliss-reactive ketones (excluding diaryl/α,β-unsaturated/α-hetero) is 1. The van der Waals surface area contributed by atoms with Crippen LogP contribution >= 0.6 is 11.3 Å². The number of aromatic nitrogens is 2. The monoisotopic (exact) mass is 423 g/mol. The molecule has 0 saturated carbocycles. The lowest BCUT2D eigenvalue weighted by atomic mass is 9.89. The van der Waals surface area contributed by atoms with Gasteiger partial charge in [0.25, 0.3) is 5.56 Å². The van der Waals surface area contributed by atoms with E-state index in [1.54, 1.807) is 35.6 Å². The first kappa shape index (κ1) is 20.5. The van der Waals surface area contributed by atoms with Crippen molar-refractivity contribution in [3.8, 4) is 0 Å². The standard InChI is InChI=1S/C23H25N3O3S/c1-13(2)21(28)25-16-7-5-15(6-8-16)18(27)11-26-12-24-22-20(23(26)29)17-9-4-14(3)10-19(17)30-22/h5-8,12-14H,4,9-11H2,1-3H3,(H,25,28)/t14-/m1/s1. The molecule has 1 N–H and O–H groups in total. The van der Waals surface area contributed by atoms with Gasteiger partial charge in [-0.1, -0.05) is 20.8 Å². The smallest absolute Gasteiger partial charge is 0.262 e. The van der Waals surface area contributed by atoms with E-state index in [-0.39, 0.29) is 29.7 Å². The first-order valence-electron chi connectivity index (χ1n) is 10.3. The van der Waals surface area contributed by atoms with Crippen molar-refractivity contribution in [2.45, 2.75) is 46.6 Å². The van der Waals surface area contributed by atoms with Crippen molar-refractivity contribution < 1.29 is 9.59 Å². The molecule has 1 atom stereocenters. The van der Waals surface area contributed by atoms with E-state index in [2.05, 4.69) is 17.2 Å². The zero-order valence-corrected chi connectivity index (χ0v) is 18.2. The van der Waals surface area contributed by atoms with E-state index in [0.717, 1.165) is 29.7 Å². The second kappa shape index (κ2) is 8.14. The molecule has 0 bridgehead atoms. The van der Waals surface area contributed by atoms with Gasteiger partial charge in [0.15, 0.2) is 5.78 Å². The predicted molar refractivity (Wildman–Crippen MR) is 119 cm³/mol. The molecule has 2 aromatic heterocycles. The van der Waals surface area contributed by atoms with Gasteiger partial charge in [-0.2, -0.15) is 0 Å². The molecular weight excluding hydrogens is 398 g/mol. The number of ketones is 1. The number of carbonyl (C=O) groups is 2. The molecule has 2 heterocycles. The summed E-state index contributed by atoms with van der Waals surface area (Å²) in [5.74, 6) is 0.264. The van der Waals surface area contributed by atoms with Crippen LogP contribution in [0.3, 0.4) is 0 Å². The normalized spacial score (nSPS) is 15.9. The number of thiophene rings is 1. The van der Waals surface area contributed by atoms with Crippen LogP contribution in [0, 0.1) is 11.8 Å². The number of fused-ring (bicyclic) bond motifs is 3. The first-order chi connectivity index (χ1) is 14.3. The van der Waals surface area contributed by atoms with Gasteiger partial charge in [0, 0.05) is 22.0 Å². The molecular formula is C23H25N3O3S. The van der Waals surface area contributed by atoms with Gasteiger partial charge in [-0.3, -0.25) is 19.0 Å². The minimum atomic E-state index is -0.169. The van der Waals surface area contributed by atoms with E-state index in [1.165, 1.54) is 15.8 Å². The van der Waals surface area contributed by atoms with Gasteiger partial charge in [0.2, 0.25) is 5.91 Å². The average Bonchev–Trinajstić information content (AvgIpc) is 3.08. The number of nitrogens with zero attached hydrogens (tertiary/aromatic N) is 2. The van der Waals surface area contributed by atoms with Crippen molar-refractivity contribution in [2.24, 2.45) is 11.8 Å². The van der Waals surface area contributed by atoms with Crippen LogP contribution in [0.1, 0.15) is 48.0 Å². The zero-order chi connectivity index (χ0) is 21.4. The van der Waals surface area contributed by atoms with Crippen LogP contribution in [-0.2, 0) is 24.2 Å². The van der Waals surface area contributed by atoms with Gasteiger partial charge in [-0.25, -0.2) is 4.98 Å². The fraction of sp³-hybridized carbons (Fsp3) is 0.391. The van der Waals surface area contributed by atoms with Crippen LogP contribution < -0.4 is 10.9 Å². The summed E-state index contributed by atoms with van der Waals surface area (Å²) in [7, 11) is 0. The van der Waals surface area contributed by atoms with Crippen LogP contribution in [-0.4, -0.2) is 21.2 Å². The lowest BCUT2D eigenvalue weighted by molar-refractivity contribution is -0.118. The van der Waals surface area contributed by atoms with E-state index >= 15 is 0 Å². The number of rotatable bonds is 5. The average molecular weight is 424 g/mol. The van der Waals surface area contributed by atoms with Crippen molar-refractivity contribution in [1.82, 2.24) is 9.55 Å². The summed E-state index contributed by atoms with van der Waals surface area (Å²) in [6.07, 6.45) is 4.44. The molecule has 3 aromatic rings. The number of carbonyl (C=O) groups excluding carboxylic acids is 2. The summed E-state index contributed by atoms with van der Waals surface area (Å²) in [5.41, 5.74) is 2.12. The number of amides is 1. The number of hydrogen-bond donors (Lipinski definition) is 1. The van der Waals surface area contributed by atoms with Gasteiger partial charge in [0.05, 0.1) is 18.3 Å². The summed E-state index contributed by atoms with van der Waals surface area (Å²) in [6.45, 7) is 5.82. The van der Waals surface area contributed by atoms with Crippen LogP contribution in [0.15, 0.2) is 35.4 Å². The first-order valence-corrected chi connectivity index (χ1v) is 11.1. The van der Waals surface area contributed by atoms with Crippen molar-refractivity contribution in [3.05, 3.63) is 57.0 Å². The summed E-state index contributed by atoms with van der Waals surface area (Å²) in [5, 5.41) is 3.49. The molecule has 0 saturated heterocycles. The minimum Gasteiger partial charge on any atom is -0.326 e. The fourth-order valence-corrected chi connectivity index (χ4v) is 5.09. The molecule has 30 heavy (non-hydrogen) atoms. The number of anilines is 1. The highest BCUT2D eigenvalue weighted by molar-refractivity contribution is 7.18. The predicted octanol–water partition coefficient (Wildman–Crippen LogP) is 4.06. The molecule has 0 spiro atoms.